The molecule has 0 unspecified atom stereocenters. The molecule has 0 spiro atoms. The summed E-state index contributed by atoms with van der Waals surface area (Å²) in [6, 6.07) is 18.1. The predicted molar refractivity (Wildman–Crippen MR) is 129 cm³/mol. The molecule has 0 bridgehead atoms. The van der Waals surface area contributed by atoms with E-state index >= 15 is 0 Å². The second kappa shape index (κ2) is 9.64. The molecule has 4 aromatic rings. The van der Waals surface area contributed by atoms with Crippen LogP contribution in [0.3, 0.4) is 0 Å². The number of aromatic nitrogens is 2. The molecule has 0 saturated carbocycles. The van der Waals surface area contributed by atoms with Gasteiger partial charge in [0.15, 0.2) is 0 Å². The third kappa shape index (κ3) is 5.25. The second-order valence-corrected chi connectivity index (χ2v) is 8.68. The van der Waals surface area contributed by atoms with E-state index in [4.69, 9.17) is 62.7 Å². The number of halogens is 5. The Kier molecular flexibility index (Phi) is 6.90. The van der Waals surface area contributed by atoms with Gasteiger partial charge in [0.1, 0.15) is 6.61 Å². The Hall–Kier alpha value is -2.01. The smallest absolute Gasteiger partial charge is 0.317 e. The monoisotopic (exact) mass is 508 g/mol. The van der Waals surface area contributed by atoms with Gasteiger partial charge in [-0.15, -0.1) is 0 Å². The highest BCUT2D eigenvalue weighted by Crippen LogP contribution is 2.37. The quantitative estimate of drug-likeness (QED) is 0.269. The van der Waals surface area contributed by atoms with Crippen molar-refractivity contribution in [1.82, 2.24) is 9.97 Å². The van der Waals surface area contributed by atoms with E-state index in [0.717, 1.165) is 22.3 Å². The van der Waals surface area contributed by atoms with Crippen LogP contribution in [0.5, 0.6) is 6.01 Å². The molecule has 0 radical (unpaired) electrons. The summed E-state index contributed by atoms with van der Waals surface area (Å²) >= 11 is 30.6. The Morgan fingerprint density at radius 2 is 1.42 bits per heavy atom. The minimum atomic E-state index is 0.213. The molecule has 1 aromatic heterocycles. The number of nitrogens with zero attached hydrogens (tertiary/aromatic N) is 2. The van der Waals surface area contributed by atoms with Gasteiger partial charge in [0, 0.05) is 32.9 Å². The van der Waals surface area contributed by atoms with Crippen molar-refractivity contribution in [2.45, 2.75) is 6.61 Å². The van der Waals surface area contributed by atoms with Crippen molar-refractivity contribution in [2.24, 2.45) is 0 Å². The molecule has 1 heterocycles. The summed E-state index contributed by atoms with van der Waals surface area (Å²) in [5.74, 6) is 0. The summed E-state index contributed by atoms with van der Waals surface area (Å²) in [6.07, 6.45) is 1.68. The van der Waals surface area contributed by atoms with E-state index < -0.39 is 0 Å². The van der Waals surface area contributed by atoms with E-state index in [9.17, 15) is 0 Å². The van der Waals surface area contributed by atoms with Crippen molar-refractivity contribution in [3.05, 3.63) is 97.5 Å². The second-order valence-electron chi connectivity index (χ2n) is 6.58. The highest BCUT2D eigenvalue weighted by atomic mass is 35.5. The summed E-state index contributed by atoms with van der Waals surface area (Å²) in [7, 11) is 0. The highest BCUT2D eigenvalue weighted by Gasteiger charge is 2.15. The van der Waals surface area contributed by atoms with E-state index in [2.05, 4.69) is 9.97 Å². The van der Waals surface area contributed by atoms with Gasteiger partial charge in [0.25, 0.3) is 0 Å². The number of benzene rings is 3. The van der Waals surface area contributed by atoms with Crippen molar-refractivity contribution < 1.29 is 4.74 Å². The molecular weight excluding hydrogens is 498 g/mol. The van der Waals surface area contributed by atoms with Crippen LogP contribution in [0.2, 0.25) is 25.1 Å². The van der Waals surface area contributed by atoms with Crippen molar-refractivity contribution in [1.29, 1.82) is 0 Å². The fourth-order valence-corrected chi connectivity index (χ4v) is 3.90. The lowest BCUT2D eigenvalue weighted by molar-refractivity contribution is 0.281. The maximum atomic E-state index is 6.44. The Morgan fingerprint density at radius 1 is 0.677 bits per heavy atom. The van der Waals surface area contributed by atoms with Gasteiger partial charge in [0.2, 0.25) is 0 Å². The molecule has 0 aliphatic heterocycles. The van der Waals surface area contributed by atoms with Gasteiger partial charge >= 0.3 is 6.01 Å². The van der Waals surface area contributed by atoms with Crippen LogP contribution in [-0.2, 0) is 6.61 Å². The number of ether oxygens (including phenoxy) is 1. The largest absolute Gasteiger partial charge is 0.459 e. The average Bonchev–Trinajstić information content (AvgIpc) is 2.75. The Labute approximate surface area is 204 Å². The van der Waals surface area contributed by atoms with Gasteiger partial charge < -0.3 is 4.74 Å². The van der Waals surface area contributed by atoms with Gasteiger partial charge in [0.05, 0.1) is 20.8 Å². The molecule has 156 valence electrons. The molecule has 8 heteroatoms. The lowest BCUT2D eigenvalue weighted by atomic mass is 10.0. The third-order valence-corrected chi connectivity index (χ3v) is 6.00. The predicted octanol–water partition coefficient (Wildman–Crippen LogP) is 8.66. The molecule has 0 aliphatic rings. The van der Waals surface area contributed by atoms with Crippen LogP contribution in [0.4, 0.5) is 0 Å². The first-order valence-electron chi connectivity index (χ1n) is 9.06. The highest BCUT2D eigenvalue weighted by molar-refractivity contribution is 6.42. The summed E-state index contributed by atoms with van der Waals surface area (Å²) in [6.45, 7) is 0.234. The molecule has 3 aromatic carbocycles. The molecule has 0 fully saturated rings. The van der Waals surface area contributed by atoms with Crippen molar-refractivity contribution in [3.63, 3.8) is 0 Å². The Morgan fingerprint density at radius 3 is 2.13 bits per heavy atom. The van der Waals surface area contributed by atoms with Crippen LogP contribution in [0.25, 0.3) is 22.4 Å². The third-order valence-electron chi connectivity index (χ3n) is 4.46. The van der Waals surface area contributed by atoms with Gasteiger partial charge in [-0.2, -0.15) is 4.98 Å². The summed E-state index contributed by atoms with van der Waals surface area (Å²) in [5.41, 5.74) is 3.83. The first-order valence-corrected chi connectivity index (χ1v) is 10.9. The molecule has 0 amide bonds. The van der Waals surface area contributed by atoms with Crippen LogP contribution in [0, 0.1) is 0 Å². The lowest BCUT2D eigenvalue weighted by Crippen LogP contribution is -2.02. The van der Waals surface area contributed by atoms with Crippen molar-refractivity contribution >= 4 is 58.0 Å². The summed E-state index contributed by atoms with van der Waals surface area (Å²) < 4.78 is 5.81. The topological polar surface area (TPSA) is 35.0 Å². The molecule has 0 saturated heterocycles. The first kappa shape index (κ1) is 22.2. The number of hydrogen-bond acceptors (Lipinski definition) is 3. The minimum Gasteiger partial charge on any atom is -0.459 e. The fraction of sp³-hybridized carbons (Fsp3) is 0.0435. The van der Waals surface area contributed by atoms with Crippen molar-refractivity contribution in [3.8, 4) is 28.4 Å². The maximum Gasteiger partial charge on any atom is 0.317 e. The zero-order chi connectivity index (χ0) is 22.0. The Bertz CT molecular complexity index is 1250. The van der Waals surface area contributed by atoms with Gasteiger partial charge in [-0.05, 0) is 42.0 Å². The molecule has 31 heavy (non-hydrogen) atoms. The minimum absolute atomic E-state index is 0.213. The van der Waals surface area contributed by atoms with Crippen LogP contribution >= 0.6 is 58.0 Å². The zero-order valence-electron chi connectivity index (χ0n) is 15.8. The van der Waals surface area contributed by atoms with Gasteiger partial charge in [-0.25, -0.2) is 4.98 Å². The SMILES string of the molecule is Clc1ccc(-c2nc(OCc3ccc(Cl)c(Cl)c3)ncc2-c2ccc(Cl)cc2Cl)cc1. The van der Waals surface area contributed by atoms with E-state index in [0.29, 0.717) is 30.8 Å². The maximum absolute atomic E-state index is 6.44. The standard InChI is InChI=1S/C23H13Cl5N2O/c24-15-4-2-14(3-5-15)22-18(17-7-6-16(25)10-20(17)27)11-29-23(30-22)31-12-13-1-8-19(26)21(28)9-13/h1-11H,12H2. The van der Waals surface area contributed by atoms with Crippen LogP contribution in [0.1, 0.15) is 5.56 Å². The van der Waals surface area contributed by atoms with E-state index in [-0.39, 0.29) is 12.6 Å². The van der Waals surface area contributed by atoms with E-state index in [1.54, 1.807) is 42.6 Å². The Balaban J connectivity index is 1.72. The number of hydrogen-bond donors (Lipinski definition) is 0. The van der Waals surface area contributed by atoms with E-state index in [1.807, 2.05) is 24.3 Å². The fourth-order valence-electron chi connectivity index (χ4n) is 2.95. The molecule has 3 nitrogen and oxygen atoms in total. The molecule has 0 atom stereocenters. The normalized spacial score (nSPS) is 10.9. The molecule has 0 aliphatic carbocycles. The van der Waals surface area contributed by atoms with Gasteiger partial charge in [-0.1, -0.05) is 82.3 Å². The van der Waals surface area contributed by atoms with Gasteiger partial charge in [-0.3, -0.25) is 0 Å². The lowest BCUT2D eigenvalue weighted by Gasteiger charge is -2.13. The molecular formula is C23H13Cl5N2O. The molecule has 0 N–H and O–H groups in total. The van der Waals surface area contributed by atoms with Crippen molar-refractivity contribution in [2.75, 3.05) is 0 Å². The number of rotatable bonds is 5. The average molecular weight is 511 g/mol. The summed E-state index contributed by atoms with van der Waals surface area (Å²) in [4.78, 5) is 9.01. The zero-order valence-corrected chi connectivity index (χ0v) is 19.5. The van der Waals surface area contributed by atoms with Crippen LogP contribution < -0.4 is 4.74 Å². The first-order chi connectivity index (χ1) is 14.9. The summed E-state index contributed by atoms with van der Waals surface area (Å²) in [5, 5.41) is 2.61. The van der Waals surface area contributed by atoms with Crippen LogP contribution in [-0.4, -0.2) is 9.97 Å². The van der Waals surface area contributed by atoms with Crippen LogP contribution in [0.15, 0.2) is 66.9 Å². The molecule has 4 rings (SSSR count). The van der Waals surface area contributed by atoms with E-state index in [1.165, 1.54) is 0 Å².